The normalized spacial score (nSPS) is 24.4. The molecule has 1 aromatic heterocycles. The third kappa shape index (κ3) is 9.70. The number of carbonyl (C=O) groups is 3. The lowest BCUT2D eigenvalue weighted by molar-refractivity contribution is -0.164. The van der Waals surface area contributed by atoms with Crippen molar-refractivity contribution >= 4 is 49.4 Å². The number of nitrogens with one attached hydrogen (secondary N) is 1. The van der Waals surface area contributed by atoms with E-state index in [1.165, 1.54) is 6.21 Å². The molecule has 17 nitrogen and oxygen atoms in total. The zero-order valence-corrected chi connectivity index (χ0v) is 30.4. The van der Waals surface area contributed by atoms with Crippen LogP contribution in [0.4, 0.5) is 21.8 Å². The number of phosphoric acid groups is 1. The van der Waals surface area contributed by atoms with E-state index in [1.807, 2.05) is 0 Å². The fourth-order valence-electron chi connectivity index (χ4n) is 4.62. The minimum Gasteiger partial charge on any atom is -0.455 e. The van der Waals surface area contributed by atoms with Crippen molar-refractivity contribution in [2.24, 2.45) is 27.5 Å². The summed E-state index contributed by atoms with van der Waals surface area (Å²) in [7, 11) is -3.13. The highest BCUT2D eigenvalue weighted by Gasteiger charge is 2.61. The van der Waals surface area contributed by atoms with Crippen molar-refractivity contribution in [3.8, 4) is 0 Å². The first-order valence-corrected chi connectivity index (χ1v) is 17.1. The van der Waals surface area contributed by atoms with Crippen LogP contribution in [0.25, 0.3) is 0 Å². The topological polar surface area (TPSA) is 235 Å². The molecule has 1 saturated heterocycles. The minimum absolute atomic E-state index is 0.0996. The summed E-state index contributed by atoms with van der Waals surface area (Å²) >= 11 is 0. The van der Waals surface area contributed by atoms with Gasteiger partial charge in [-0.3, -0.25) is 23.9 Å². The quantitative estimate of drug-likeness (QED) is 0.108. The maximum Gasteiger partial charge on any atom is 0.480 e. The molecule has 2 unspecified atom stereocenters. The fraction of sp³-hybridized carbons (Fsp3) is 0.733. The van der Waals surface area contributed by atoms with E-state index in [4.69, 9.17) is 44.0 Å². The molecule has 0 aliphatic carbocycles. The summed E-state index contributed by atoms with van der Waals surface area (Å²) in [4.78, 5) is 50.3. The average molecular weight is 719 g/mol. The molecule has 2 aliphatic rings. The molecule has 3 rings (SSSR count). The highest BCUT2D eigenvalue weighted by atomic mass is 31.2. The van der Waals surface area contributed by atoms with Gasteiger partial charge in [-0.05, 0) is 54.4 Å². The molecule has 0 amide bonds. The van der Waals surface area contributed by atoms with E-state index in [-0.39, 0.29) is 17.6 Å². The van der Waals surface area contributed by atoms with Gasteiger partial charge in [0.1, 0.15) is 23.9 Å². The number of nitrogen functional groups attached to an aromatic ring is 1. The van der Waals surface area contributed by atoms with Crippen molar-refractivity contribution in [2.45, 2.75) is 98.3 Å². The van der Waals surface area contributed by atoms with Gasteiger partial charge < -0.3 is 35.7 Å². The largest absolute Gasteiger partial charge is 0.480 e. The molecule has 0 spiro atoms. The van der Waals surface area contributed by atoms with E-state index in [1.54, 1.807) is 62.4 Å². The van der Waals surface area contributed by atoms with Crippen LogP contribution in [0.15, 0.2) is 4.99 Å². The van der Waals surface area contributed by atoms with Crippen LogP contribution < -0.4 is 16.8 Å². The Bertz CT molecular complexity index is 1430. The number of phosphoric ester groups is 1. The number of anilines is 2. The molecule has 0 saturated carbocycles. The van der Waals surface area contributed by atoms with E-state index in [0.29, 0.717) is 11.5 Å². The van der Waals surface area contributed by atoms with Crippen LogP contribution in [-0.4, -0.2) is 91.4 Å². The summed E-state index contributed by atoms with van der Waals surface area (Å²) in [6.45, 7) is 11.6. The van der Waals surface area contributed by atoms with Gasteiger partial charge in [0.05, 0.1) is 29.0 Å². The van der Waals surface area contributed by atoms with Gasteiger partial charge in [0.2, 0.25) is 19.5 Å². The number of halogens is 1. The smallest absolute Gasteiger partial charge is 0.455 e. The Morgan fingerprint density at radius 1 is 1.04 bits per heavy atom. The number of hydrogen-bond donors (Lipinski definition) is 3. The Balaban J connectivity index is 1.91. The minimum atomic E-state index is -4.74. The third-order valence-corrected chi connectivity index (χ3v) is 8.91. The van der Waals surface area contributed by atoms with E-state index in [9.17, 15) is 18.9 Å². The summed E-state index contributed by atoms with van der Waals surface area (Å²) in [6, 6.07) is -1.11. The van der Waals surface area contributed by atoms with Gasteiger partial charge in [-0.25, -0.2) is 23.0 Å². The number of ether oxygens (including phenoxy) is 4. The van der Waals surface area contributed by atoms with Crippen molar-refractivity contribution in [3.05, 3.63) is 5.69 Å². The number of rotatable bonds is 14. The number of fused-ring (bicyclic) bond motifs is 1. The van der Waals surface area contributed by atoms with Gasteiger partial charge in [0, 0.05) is 13.3 Å². The van der Waals surface area contributed by atoms with Gasteiger partial charge in [0.25, 0.3) is 0 Å². The van der Waals surface area contributed by atoms with Crippen LogP contribution in [0.2, 0.25) is 0 Å². The number of hydrogen-bond acceptors (Lipinski definition) is 17. The number of nitrogens with zero attached hydrogens (tertiary/aromatic N) is 3. The van der Waals surface area contributed by atoms with Crippen molar-refractivity contribution < 1.29 is 55.9 Å². The van der Waals surface area contributed by atoms with Crippen LogP contribution in [0.3, 0.4) is 0 Å². The number of alkyl halides is 1. The van der Waals surface area contributed by atoms with Crippen LogP contribution in [0.1, 0.15) is 73.9 Å². The maximum absolute atomic E-state index is 17.0. The highest BCUT2D eigenvalue weighted by molar-refractivity contribution is 7.48. The first-order valence-electron chi connectivity index (χ1n) is 15.6. The lowest BCUT2D eigenvalue weighted by atomic mass is 9.85. The molecule has 19 heteroatoms. The number of esters is 3. The second-order valence-corrected chi connectivity index (χ2v) is 15.9. The molecule has 0 aromatic carbocycles. The Labute approximate surface area is 284 Å². The number of aromatic nitrogens is 2. The Morgan fingerprint density at radius 3 is 2.08 bits per heavy atom. The third-order valence-electron chi connectivity index (χ3n) is 7.60. The molecule has 5 N–H and O–H groups in total. The zero-order chi connectivity index (χ0) is 37.1. The van der Waals surface area contributed by atoms with Crippen molar-refractivity contribution in [2.75, 3.05) is 38.3 Å². The average Bonchev–Trinajstić information content (AvgIpc) is 3.51. The fourth-order valence-corrected chi connectivity index (χ4v) is 5.53. The molecule has 1 fully saturated rings. The van der Waals surface area contributed by atoms with Gasteiger partial charge in [-0.2, -0.15) is 4.98 Å². The SMILES string of the molecule is CNc1nc(N)nc2c1N=CC2C1O[C@H](COP(=O)(OCOC(=O)C(C)(C)C)OCOC(=O)C(C)(C)C)[C@@H](OC(=O)[C@@H](N)C(C)C)[C@@]1(C)F. The Kier molecular flexibility index (Phi) is 12.5. The molecule has 0 radical (unpaired) electrons. The molecule has 3 heterocycles. The molecule has 1 aromatic rings. The van der Waals surface area contributed by atoms with Gasteiger partial charge >= 0.3 is 25.7 Å². The van der Waals surface area contributed by atoms with E-state index >= 15 is 4.39 Å². The first kappa shape index (κ1) is 40.2. The van der Waals surface area contributed by atoms with E-state index < -0.39 is 92.7 Å². The predicted molar refractivity (Wildman–Crippen MR) is 174 cm³/mol. The monoisotopic (exact) mass is 718 g/mol. The summed E-state index contributed by atoms with van der Waals surface area (Å²) in [5, 5.41) is 2.86. The molecule has 276 valence electrons. The summed E-state index contributed by atoms with van der Waals surface area (Å²) in [6.07, 6.45) is -3.08. The van der Waals surface area contributed by atoms with Crippen LogP contribution in [0, 0.1) is 16.7 Å². The summed E-state index contributed by atoms with van der Waals surface area (Å²) in [5.74, 6) is -3.37. The van der Waals surface area contributed by atoms with E-state index in [0.717, 1.165) is 6.92 Å². The molecule has 6 atom stereocenters. The molecule has 2 aliphatic heterocycles. The van der Waals surface area contributed by atoms with Crippen LogP contribution in [-0.2, 0) is 51.5 Å². The van der Waals surface area contributed by atoms with Crippen molar-refractivity contribution in [3.63, 3.8) is 0 Å². The molecular formula is C30H48FN6O11P. The Morgan fingerprint density at radius 2 is 1.59 bits per heavy atom. The van der Waals surface area contributed by atoms with Gasteiger partial charge in [0.15, 0.2) is 17.6 Å². The van der Waals surface area contributed by atoms with Crippen LogP contribution >= 0.6 is 7.82 Å². The predicted octanol–water partition coefficient (Wildman–Crippen LogP) is 3.54. The number of nitrogens with two attached hydrogens (primary N) is 2. The standard InChI is InChI=1S/C30H48FN6O11P/c1-15(2)18(32)24(38)48-22-17(47-21(30(22,9)31)16-11-35-20-19(16)36-27(33)37-23(20)34-10)12-44-49(41,45-13-42-25(39)28(3,4)5)46-14-43-26(40)29(6,7)8/h11,15-18,21-22H,12-14,32H2,1-10H3,(H3,33,34,36,37)/t16?,17-,18+,21?,22-,30+/m1/s1. The number of carbonyl (C=O) groups excluding carboxylic acids is 3. The van der Waals surface area contributed by atoms with Crippen molar-refractivity contribution in [1.29, 1.82) is 0 Å². The van der Waals surface area contributed by atoms with Crippen molar-refractivity contribution in [1.82, 2.24) is 9.97 Å². The van der Waals surface area contributed by atoms with E-state index in [2.05, 4.69) is 20.3 Å². The van der Waals surface area contributed by atoms with Gasteiger partial charge in [-0.1, -0.05) is 13.8 Å². The molecule has 0 bridgehead atoms. The number of aliphatic imine (C=N–C) groups is 1. The molecule has 49 heavy (non-hydrogen) atoms. The lowest BCUT2D eigenvalue weighted by Gasteiger charge is -2.30. The highest BCUT2D eigenvalue weighted by Crippen LogP contribution is 2.52. The van der Waals surface area contributed by atoms with Gasteiger partial charge in [-0.15, -0.1) is 0 Å². The second kappa shape index (κ2) is 15.3. The first-order chi connectivity index (χ1) is 22.5. The summed E-state index contributed by atoms with van der Waals surface area (Å²) in [5.41, 5.74) is 8.21. The zero-order valence-electron chi connectivity index (χ0n) is 29.5. The maximum atomic E-state index is 17.0. The summed E-state index contributed by atoms with van der Waals surface area (Å²) < 4.78 is 68.5. The second-order valence-electron chi connectivity index (χ2n) is 14.2. The molecular weight excluding hydrogens is 670 g/mol. The Hall–Kier alpha value is -3.28. The lowest BCUT2D eigenvalue weighted by Crippen LogP contribution is -2.49. The van der Waals surface area contributed by atoms with Crippen LogP contribution in [0.5, 0.6) is 0 Å².